The van der Waals surface area contributed by atoms with Crippen molar-refractivity contribution in [1.29, 1.82) is 0 Å². The van der Waals surface area contributed by atoms with Gasteiger partial charge in [0, 0.05) is 18.8 Å². The first-order valence-electron chi connectivity index (χ1n) is 6.18. The number of carbonyl (C=O) groups excluding carboxylic acids is 2. The Morgan fingerprint density at radius 1 is 1.24 bits per heavy atom. The predicted octanol–water partition coefficient (Wildman–Crippen LogP) is 0.956. The fourth-order valence-corrected chi connectivity index (χ4v) is 1.83. The van der Waals surface area contributed by atoms with E-state index in [1.54, 1.807) is 30.3 Å². The van der Waals surface area contributed by atoms with Crippen molar-refractivity contribution in [2.24, 2.45) is 5.73 Å². The molecule has 3 N–H and O–H groups in total. The summed E-state index contributed by atoms with van der Waals surface area (Å²) in [5.74, 6) is -1.09. The van der Waals surface area contributed by atoms with Crippen molar-refractivity contribution in [1.82, 2.24) is 15.3 Å². The molecule has 1 atom stereocenters. The monoisotopic (exact) mass is 304 g/mol. The number of nitrogens with one attached hydrogen (secondary N) is 1. The number of rotatable bonds is 5. The first kappa shape index (κ1) is 14.9. The molecule has 6 nitrogen and oxygen atoms in total. The molecular formula is C14H13ClN4O2. The zero-order chi connectivity index (χ0) is 15.2. The zero-order valence-electron chi connectivity index (χ0n) is 11.0. The van der Waals surface area contributed by atoms with Gasteiger partial charge in [-0.15, -0.1) is 0 Å². The van der Waals surface area contributed by atoms with Crippen LogP contribution in [-0.4, -0.2) is 27.8 Å². The highest BCUT2D eigenvalue weighted by Gasteiger charge is 2.20. The van der Waals surface area contributed by atoms with Gasteiger partial charge in [-0.25, -0.2) is 4.98 Å². The maximum atomic E-state index is 12.0. The molecule has 0 saturated carbocycles. The van der Waals surface area contributed by atoms with Gasteiger partial charge in [-0.3, -0.25) is 14.6 Å². The molecule has 0 aliphatic heterocycles. The number of carbonyl (C=O) groups is 2. The molecule has 2 amide bonds. The van der Waals surface area contributed by atoms with Crippen molar-refractivity contribution in [3.05, 3.63) is 59.1 Å². The van der Waals surface area contributed by atoms with E-state index in [1.807, 2.05) is 0 Å². The van der Waals surface area contributed by atoms with Crippen LogP contribution in [0.3, 0.4) is 0 Å². The third-order valence-electron chi connectivity index (χ3n) is 2.77. The summed E-state index contributed by atoms with van der Waals surface area (Å²) in [7, 11) is 0. The lowest BCUT2D eigenvalue weighted by Gasteiger charge is -2.15. The highest BCUT2D eigenvalue weighted by atomic mass is 35.5. The third-order valence-corrected chi connectivity index (χ3v) is 3.00. The first-order chi connectivity index (χ1) is 10.1. The Morgan fingerprint density at radius 2 is 2.05 bits per heavy atom. The minimum absolute atomic E-state index is 0.220. The molecule has 2 aromatic rings. The molecule has 0 spiro atoms. The summed E-state index contributed by atoms with van der Waals surface area (Å²) in [5, 5.41) is 2.91. The number of pyridine rings is 2. The average Bonchev–Trinajstić information content (AvgIpc) is 2.49. The fraction of sp³-hybridized carbons (Fsp3) is 0.143. The molecule has 7 heteroatoms. The lowest BCUT2D eigenvalue weighted by molar-refractivity contribution is -0.119. The normalized spacial score (nSPS) is 11.7. The Bertz CT molecular complexity index is 631. The Balaban J connectivity index is 2.07. The van der Waals surface area contributed by atoms with Gasteiger partial charge >= 0.3 is 0 Å². The van der Waals surface area contributed by atoms with Crippen molar-refractivity contribution in [2.75, 3.05) is 0 Å². The standard InChI is InChI=1S/C14H13ClN4O2/c15-12-5-4-9(8-18-12)7-11(13(16)20)19-14(21)10-3-1-2-6-17-10/h1-6,8,11H,7H2,(H2,16,20)(H,19,21)/t11-/m1/s1. The zero-order valence-corrected chi connectivity index (χ0v) is 11.7. The number of hydrogen-bond acceptors (Lipinski definition) is 4. The molecule has 2 aromatic heterocycles. The van der Waals surface area contributed by atoms with Crippen LogP contribution in [0.25, 0.3) is 0 Å². The SMILES string of the molecule is NC(=O)[C@@H](Cc1ccc(Cl)nc1)NC(=O)c1ccccn1. The molecule has 2 heterocycles. The number of nitrogens with zero attached hydrogens (tertiary/aromatic N) is 2. The molecule has 0 aliphatic rings. The molecule has 0 aromatic carbocycles. The second-order valence-corrected chi connectivity index (χ2v) is 4.72. The summed E-state index contributed by atoms with van der Waals surface area (Å²) in [4.78, 5) is 31.3. The number of primary amides is 1. The minimum atomic E-state index is -0.845. The van der Waals surface area contributed by atoms with Gasteiger partial charge in [-0.1, -0.05) is 23.7 Å². The van der Waals surface area contributed by atoms with E-state index < -0.39 is 17.9 Å². The summed E-state index contributed by atoms with van der Waals surface area (Å²) >= 11 is 5.69. The largest absolute Gasteiger partial charge is 0.368 e. The van der Waals surface area contributed by atoms with Crippen LogP contribution < -0.4 is 11.1 Å². The van der Waals surface area contributed by atoms with Gasteiger partial charge in [-0.05, 0) is 23.8 Å². The van der Waals surface area contributed by atoms with Crippen LogP contribution in [-0.2, 0) is 11.2 Å². The number of halogens is 1. The van der Waals surface area contributed by atoms with Gasteiger partial charge in [0.15, 0.2) is 0 Å². The van der Waals surface area contributed by atoms with E-state index in [9.17, 15) is 9.59 Å². The van der Waals surface area contributed by atoms with Crippen molar-refractivity contribution in [3.8, 4) is 0 Å². The maximum absolute atomic E-state index is 12.0. The second-order valence-electron chi connectivity index (χ2n) is 4.34. The summed E-state index contributed by atoms with van der Waals surface area (Å²) in [6.45, 7) is 0. The Morgan fingerprint density at radius 3 is 2.62 bits per heavy atom. The predicted molar refractivity (Wildman–Crippen MR) is 77.6 cm³/mol. The highest BCUT2D eigenvalue weighted by Crippen LogP contribution is 2.08. The molecule has 0 fully saturated rings. The quantitative estimate of drug-likeness (QED) is 0.804. The molecular weight excluding hydrogens is 292 g/mol. The second kappa shape index (κ2) is 6.81. The van der Waals surface area contributed by atoms with Crippen molar-refractivity contribution in [2.45, 2.75) is 12.5 Å². The van der Waals surface area contributed by atoms with Gasteiger partial charge in [0.05, 0.1) is 0 Å². The van der Waals surface area contributed by atoms with Gasteiger partial charge < -0.3 is 11.1 Å². The van der Waals surface area contributed by atoms with Crippen molar-refractivity contribution in [3.63, 3.8) is 0 Å². The minimum Gasteiger partial charge on any atom is -0.368 e. The van der Waals surface area contributed by atoms with Crippen LogP contribution in [0.5, 0.6) is 0 Å². The van der Waals surface area contributed by atoms with E-state index in [-0.39, 0.29) is 12.1 Å². The summed E-state index contributed by atoms with van der Waals surface area (Å²) in [6, 6.07) is 7.42. The molecule has 0 radical (unpaired) electrons. The Hall–Kier alpha value is -2.47. The molecule has 2 rings (SSSR count). The van der Waals surface area contributed by atoms with Crippen LogP contribution in [0.2, 0.25) is 5.15 Å². The first-order valence-corrected chi connectivity index (χ1v) is 6.55. The molecule has 21 heavy (non-hydrogen) atoms. The lowest BCUT2D eigenvalue weighted by atomic mass is 10.1. The summed E-state index contributed by atoms with van der Waals surface area (Å²) < 4.78 is 0. The summed E-state index contributed by atoms with van der Waals surface area (Å²) in [6.07, 6.45) is 3.26. The number of aromatic nitrogens is 2. The van der Waals surface area contributed by atoms with Crippen LogP contribution in [0.4, 0.5) is 0 Å². The molecule has 108 valence electrons. The van der Waals surface area contributed by atoms with E-state index in [0.29, 0.717) is 5.15 Å². The van der Waals surface area contributed by atoms with Crippen LogP contribution in [0.15, 0.2) is 42.7 Å². The summed E-state index contributed by atoms with van der Waals surface area (Å²) in [5.41, 5.74) is 6.28. The van der Waals surface area contributed by atoms with Crippen molar-refractivity contribution < 1.29 is 9.59 Å². The van der Waals surface area contributed by atoms with Gasteiger partial charge in [0.2, 0.25) is 5.91 Å². The van der Waals surface area contributed by atoms with E-state index >= 15 is 0 Å². The smallest absolute Gasteiger partial charge is 0.270 e. The van der Waals surface area contributed by atoms with Crippen molar-refractivity contribution >= 4 is 23.4 Å². The number of amides is 2. The van der Waals surface area contributed by atoms with Crippen LogP contribution in [0.1, 0.15) is 16.1 Å². The molecule has 0 bridgehead atoms. The molecule has 0 aliphatic carbocycles. The van der Waals surface area contributed by atoms with E-state index in [0.717, 1.165) is 5.56 Å². The van der Waals surface area contributed by atoms with Gasteiger partial charge in [0.25, 0.3) is 5.91 Å². The average molecular weight is 305 g/mol. The van der Waals surface area contributed by atoms with Crippen LogP contribution >= 0.6 is 11.6 Å². The van der Waals surface area contributed by atoms with E-state index in [1.165, 1.54) is 12.4 Å². The lowest BCUT2D eigenvalue weighted by Crippen LogP contribution is -2.46. The maximum Gasteiger partial charge on any atom is 0.270 e. The number of nitrogens with two attached hydrogens (primary N) is 1. The Labute approximate surface area is 126 Å². The topological polar surface area (TPSA) is 98.0 Å². The van der Waals surface area contributed by atoms with Gasteiger partial charge in [-0.2, -0.15) is 0 Å². The van der Waals surface area contributed by atoms with E-state index in [2.05, 4.69) is 15.3 Å². The fourth-order valence-electron chi connectivity index (χ4n) is 1.71. The van der Waals surface area contributed by atoms with Gasteiger partial charge in [0.1, 0.15) is 16.9 Å². The van der Waals surface area contributed by atoms with Crippen LogP contribution in [0, 0.1) is 0 Å². The number of hydrogen-bond donors (Lipinski definition) is 2. The third kappa shape index (κ3) is 4.25. The highest BCUT2D eigenvalue weighted by molar-refractivity contribution is 6.29. The van der Waals surface area contributed by atoms with E-state index in [4.69, 9.17) is 17.3 Å². The Kier molecular flexibility index (Phi) is 4.84. The molecule has 0 saturated heterocycles. The molecule has 0 unspecified atom stereocenters.